The summed E-state index contributed by atoms with van der Waals surface area (Å²) in [5.41, 5.74) is -0.570. The molecule has 1 aliphatic heterocycles. The van der Waals surface area contributed by atoms with E-state index >= 15 is 0 Å². The molecule has 17 heavy (non-hydrogen) atoms. The van der Waals surface area contributed by atoms with Crippen molar-refractivity contribution in [1.29, 1.82) is 0 Å². The molecule has 4 N–H and O–H groups in total. The molecule has 0 saturated carbocycles. The van der Waals surface area contributed by atoms with Gasteiger partial charge in [-0.05, 0) is 6.07 Å². The Hall–Kier alpha value is -1.41. The number of aromatic hydroxyl groups is 1. The maximum atomic E-state index is 11.5. The molecular weight excluding hydrogens is 230 g/mol. The summed E-state index contributed by atoms with van der Waals surface area (Å²) in [5, 5.41) is 37.2. The number of hydrogen-bond acceptors (Lipinski definition) is 6. The van der Waals surface area contributed by atoms with Crippen LogP contribution in [0.25, 0.3) is 0 Å². The highest BCUT2D eigenvalue weighted by atomic mass is 16.6. The molecule has 0 radical (unpaired) electrons. The summed E-state index contributed by atoms with van der Waals surface area (Å²) in [6.45, 7) is -0.457. The molecule has 0 bridgehead atoms. The van der Waals surface area contributed by atoms with Crippen molar-refractivity contribution < 1.29 is 25.2 Å². The molecule has 1 unspecified atom stereocenters. The van der Waals surface area contributed by atoms with Crippen molar-refractivity contribution in [1.82, 2.24) is 4.57 Å². The van der Waals surface area contributed by atoms with Gasteiger partial charge in [-0.15, -0.1) is 0 Å². The molecule has 4 atom stereocenters. The Morgan fingerprint density at radius 1 is 1.35 bits per heavy atom. The van der Waals surface area contributed by atoms with Crippen LogP contribution in [0.5, 0.6) is 5.75 Å². The molecule has 0 aliphatic carbocycles. The van der Waals surface area contributed by atoms with Crippen LogP contribution in [0.15, 0.2) is 23.1 Å². The molecule has 1 aliphatic rings. The van der Waals surface area contributed by atoms with Crippen LogP contribution in [-0.4, -0.2) is 49.9 Å². The van der Waals surface area contributed by atoms with Crippen LogP contribution in [0, 0.1) is 0 Å². The van der Waals surface area contributed by atoms with E-state index in [1.54, 1.807) is 0 Å². The molecule has 1 aromatic heterocycles. The monoisotopic (exact) mass is 243 g/mol. The molecule has 1 aromatic rings. The molecule has 94 valence electrons. The zero-order chi connectivity index (χ0) is 12.6. The first-order chi connectivity index (χ1) is 8.04. The van der Waals surface area contributed by atoms with Crippen molar-refractivity contribution in [2.75, 3.05) is 6.61 Å². The summed E-state index contributed by atoms with van der Waals surface area (Å²) in [5.74, 6) is -0.196. The lowest BCUT2D eigenvalue weighted by Crippen LogP contribution is -2.35. The van der Waals surface area contributed by atoms with Gasteiger partial charge in [-0.25, -0.2) is 0 Å². The van der Waals surface area contributed by atoms with E-state index in [1.807, 2.05) is 0 Å². The minimum Gasteiger partial charge on any atom is -0.508 e. The van der Waals surface area contributed by atoms with Crippen molar-refractivity contribution in [3.05, 3.63) is 28.7 Å². The second-order valence-electron chi connectivity index (χ2n) is 3.86. The van der Waals surface area contributed by atoms with Gasteiger partial charge in [-0.2, -0.15) is 0 Å². The van der Waals surface area contributed by atoms with Gasteiger partial charge in [-0.1, -0.05) is 0 Å². The van der Waals surface area contributed by atoms with E-state index in [-0.39, 0.29) is 5.75 Å². The highest BCUT2D eigenvalue weighted by Crippen LogP contribution is 2.28. The third kappa shape index (κ3) is 2.05. The van der Waals surface area contributed by atoms with Gasteiger partial charge in [-0.3, -0.25) is 9.36 Å². The summed E-state index contributed by atoms with van der Waals surface area (Å²) in [6, 6.07) is 2.23. The first-order valence-electron chi connectivity index (χ1n) is 5.08. The van der Waals surface area contributed by atoms with E-state index in [2.05, 4.69) is 0 Å². The van der Waals surface area contributed by atoms with E-state index < -0.39 is 36.7 Å². The number of rotatable bonds is 2. The number of nitrogens with zero attached hydrogens (tertiary/aromatic N) is 1. The average Bonchev–Trinajstić information content (AvgIpc) is 2.57. The molecule has 7 heteroatoms. The van der Waals surface area contributed by atoms with E-state index in [0.717, 1.165) is 10.6 Å². The minimum atomic E-state index is -1.31. The Morgan fingerprint density at radius 2 is 2.06 bits per heavy atom. The van der Waals surface area contributed by atoms with E-state index in [4.69, 9.17) is 14.9 Å². The zero-order valence-corrected chi connectivity index (χ0v) is 8.80. The fraction of sp³-hybridized carbons (Fsp3) is 0.500. The number of ether oxygens (including phenoxy) is 1. The largest absolute Gasteiger partial charge is 0.508 e. The second kappa shape index (κ2) is 4.46. The lowest BCUT2D eigenvalue weighted by Gasteiger charge is -2.17. The average molecular weight is 243 g/mol. The summed E-state index contributed by atoms with van der Waals surface area (Å²) in [6.07, 6.45) is -3.33. The van der Waals surface area contributed by atoms with Crippen molar-refractivity contribution in [3.63, 3.8) is 0 Å². The smallest absolute Gasteiger partial charge is 0.256 e. The Balaban J connectivity index is 2.32. The SMILES string of the molecule is O=c1cc(O)ccn1[C@@H]1OC(CO)[C@@H](O)[C@H]1O. The first kappa shape index (κ1) is 12.1. The molecule has 0 amide bonds. The molecule has 7 nitrogen and oxygen atoms in total. The molecular formula is C10H13NO6. The normalized spacial score (nSPS) is 32.9. The van der Waals surface area contributed by atoms with Crippen molar-refractivity contribution in [2.24, 2.45) is 0 Å². The first-order valence-corrected chi connectivity index (χ1v) is 5.08. The lowest BCUT2D eigenvalue weighted by molar-refractivity contribution is -0.0544. The molecule has 1 saturated heterocycles. The van der Waals surface area contributed by atoms with Crippen LogP contribution in [0.3, 0.4) is 0 Å². The van der Waals surface area contributed by atoms with Gasteiger partial charge < -0.3 is 25.2 Å². The summed E-state index contributed by atoms with van der Waals surface area (Å²) in [4.78, 5) is 11.5. The quantitative estimate of drug-likeness (QED) is 0.486. The lowest BCUT2D eigenvalue weighted by atomic mass is 10.1. The highest BCUT2D eigenvalue weighted by Gasteiger charge is 2.43. The van der Waals surface area contributed by atoms with Crippen LogP contribution in [0.4, 0.5) is 0 Å². The Bertz CT molecular complexity index is 458. The Labute approximate surface area is 96.1 Å². The van der Waals surface area contributed by atoms with Gasteiger partial charge in [0.25, 0.3) is 5.56 Å². The molecule has 0 spiro atoms. The van der Waals surface area contributed by atoms with Gasteiger partial charge in [0.15, 0.2) is 6.23 Å². The van der Waals surface area contributed by atoms with E-state index in [9.17, 15) is 15.0 Å². The van der Waals surface area contributed by atoms with Crippen LogP contribution in [0.2, 0.25) is 0 Å². The van der Waals surface area contributed by atoms with Crippen molar-refractivity contribution >= 4 is 0 Å². The standard InChI is InChI=1S/C10H13NO6/c12-4-6-8(15)9(16)10(17-6)11-2-1-5(13)3-7(11)14/h1-3,6,8-10,12-13,15-16H,4H2/t6?,8-,9-,10-/m1/s1. The molecule has 0 aromatic carbocycles. The van der Waals surface area contributed by atoms with Gasteiger partial charge >= 0.3 is 0 Å². The fourth-order valence-corrected chi connectivity index (χ4v) is 1.80. The summed E-state index contributed by atoms with van der Waals surface area (Å²) in [7, 11) is 0. The number of aromatic nitrogens is 1. The van der Waals surface area contributed by atoms with E-state index in [1.165, 1.54) is 12.3 Å². The minimum absolute atomic E-state index is 0.196. The number of hydrogen-bond donors (Lipinski definition) is 4. The summed E-state index contributed by atoms with van der Waals surface area (Å²) >= 11 is 0. The van der Waals surface area contributed by atoms with Crippen molar-refractivity contribution in [3.8, 4) is 5.75 Å². The third-order valence-electron chi connectivity index (χ3n) is 2.72. The summed E-state index contributed by atoms with van der Waals surface area (Å²) < 4.78 is 6.22. The maximum absolute atomic E-state index is 11.5. The van der Waals surface area contributed by atoms with Crippen LogP contribution in [-0.2, 0) is 4.74 Å². The number of aliphatic hydroxyl groups excluding tert-OH is 3. The van der Waals surface area contributed by atoms with Crippen LogP contribution in [0.1, 0.15) is 6.23 Å². The van der Waals surface area contributed by atoms with Gasteiger partial charge in [0.05, 0.1) is 6.61 Å². The topological polar surface area (TPSA) is 112 Å². The highest BCUT2D eigenvalue weighted by molar-refractivity contribution is 5.16. The Kier molecular flexibility index (Phi) is 3.16. The second-order valence-corrected chi connectivity index (χ2v) is 3.86. The Morgan fingerprint density at radius 3 is 2.59 bits per heavy atom. The van der Waals surface area contributed by atoms with Gasteiger partial charge in [0.1, 0.15) is 24.1 Å². The van der Waals surface area contributed by atoms with Gasteiger partial charge in [0, 0.05) is 12.3 Å². The van der Waals surface area contributed by atoms with Crippen LogP contribution < -0.4 is 5.56 Å². The van der Waals surface area contributed by atoms with Crippen LogP contribution >= 0.6 is 0 Å². The number of aliphatic hydroxyl groups is 3. The van der Waals surface area contributed by atoms with Crippen molar-refractivity contribution in [2.45, 2.75) is 24.5 Å². The van der Waals surface area contributed by atoms with E-state index in [0.29, 0.717) is 0 Å². The van der Waals surface area contributed by atoms with Gasteiger partial charge in [0.2, 0.25) is 0 Å². The predicted octanol–water partition coefficient (Wildman–Crippen LogP) is -1.83. The number of pyridine rings is 1. The predicted molar refractivity (Wildman–Crippen MR) is 55.4 cm³/mol. The third-order valence-corrected chi connectivity index (χ3v) is 2.72. The zero-order valence-electron chi connectivity index (χ0n) is 8.80. The molecule has 2 rings (SSSR count). The molecule has 1 fully saturated rings. The molecule has 2 heterocycles. The fourth-order valence-electron chi connectivity index (χ4n) is 1.80. The maximum Gasteiger partial charge on any atom is 0.256 e.